The third kappa shape index (κ3) is 4.65. The first-order valence-electron chi connectivity index (χ1n) is 11.9. The quantitative estimate of drug-likeness (QED) is 0.323. The average Bonchev–Trinajstić information content (AvgIpc) is 2.94. The summed E-state index contributed by atoms with van der Waals surface area (Å²) >= 11 is 0. The molecule has 0 bridgehead atoms. The Labute approximate surface area is 213 Å². The number of carbonyl (C=O) groups is 1. The molecule has 4 aromatic carbocycles. The van der Waals surface area contributed by atoms with Gasteiger partial charge in [0.15, 0.2) is 5.78 Å². The van der Waals surface area contributed by atoms with E-state index in [4.69, 9.17) is 0 Å². The van der Waals surface area contributed by atoms with Gasteiger partial charge >= 0.3 is 5.69 Å². The lowest BCUT2D eigenvalue weighted by molar-refractivity contribution is 0.0977. The summed E-state index contributed by atoms with van der Waals surface area (Å²) < 4.78 is 2.16. The van der Waals surface area contributed by atoms with Gasteiger partial charge in [-0.15, -0.1) is 0 Å². The maximum Gasteiger partial charge on any atom is 0.343 e. The summed E-state index contributed by atoms with van der Waals surface area (Å²) in [5.74, 6) is -1.47. The number of benzene rings is 4. The Morgan fingerprint density at radius 3 is 1.65 bits per heavy atom. The fourth-order valence-corrected chi connectivity index (χ4v) is 4.53. The normalized spacial score (nSPS) is 11.7. The van der Waals surface area contributed by atoms with Gasteiger partial charge in [0.25, 0.3) is 5.56 Å². The fraction of sp³-hybridized carbons (Fsp3) is 0.0645. The number of aromatic hydroxyl groups is 1. The minimum atomic E-state index is -0.799. The highest BCUT2D eigenvalue weighted by Crippen LogP contribution is 2.33. The van der Waals surface area contributed by atoms with Crippen LogP contribution in [0.25, 0.3) is 11.4 Å². The van der Waals surface area contributed by atoms with E-state index >= 15 is 0 Å². The molecule has 37 heavy (non-hydrogen) atoms. The maximum atomic E-state index is 14.0. The van der Waals surface area contributed by atoms with E-state index in [0.717, 1.165) is 9.13 Å². The highest BCUT2D eigenvalue weighted by atomic mass is 16.3. The monoisotopic (exact) mass is 488 g/mol. The standard InChI is InChI=1S/C31H24N2O4/c34-27(23-15-7-2-8-16-23)21-26(22-13-5-1-6-14-22)28-29(35)32(24-17-9-3-10-18-24)31(37)33(30(28)36)25-19-11-4-12-20-25/h1-20,26,35H,21H2. The minimum Gasteiger partial charge on any atom is -0.494 e. The fourth-order valence-electron chi connectivity index (χ4n) is 4.53. The summed E-state index contributed by atoms with van der Waals surface area (Å²) in [6.45, 7) is 0. The molecule has 0 aliphatic heterocycles. The number of hydrogen-bond donors (Lipinski definition) is 1. The Balaban J connectivity index is 1.80. The smallest absolute Gasteiger partial charge is 0.343 e. The van der Waals surface area contributed by atoms with Crippen molar-refractivity contribution in [1.29, 1.82) is 0 Å². The van der Waals surface area contributed by atoms with E-state index < -0.39 is 23.0 Å². The van der Waals surface area contributed by atoms with E-state index in [1.807, 2.05) is 36.4 Å². The van der Waals surface area contributed by atoms with Crippen LogP contribution < -0.4 is 11.2 Å². The van der Waals surface area contributed by atoms with Gasteiger partial charge in [-0.1, -0.05) is 97.1 Å². The summed E-state index contributed by atoms with van der Waals surface area (Å²) in [6, 6.07) is 35.1. The topological polar surface area (TPSA) is 81.3 Å². The molecule has 1 unspecified atom stereocenters. The number of ketones is 1. The maximum absolute atomic E-state index is 14.0. The molecule has 182 valence electrons. The number of aromatic nitrogens is 2. The molecule has 0 fully saturated rings. The lowest BCUT2D eigenvalue weighted by Crippen LogP contribution is -2.41. The van der Waals surface area contributed by atoms with Gasteiger partial charge in [0, 0.05) is 17.9 Å². The van der Waals surface area contributed by atoms with E-state index in [-0.39, 0.29) is 17.8 Å². The molecule has 0 saturated heterocycles. The molecular weight excluding hydrogens is 464 g/mol. The van der Waals surface area contributed by atoms with Crippen molar-refractivity contribution in [2.75, 3.05) is 0 Å². The largest absolute Gasteiger partial charge is 0.494 e. The minimum absolute atomic E-state index is 0.0252. The molecule has 1 atom stereocenters. The molecule has 0 aliphatic carbocycles. The summed E-state index contributed by atoms with van der Waals surface area (Å²) in [6.07, 6.45) is -0.0708. The summed E-state index contributed by atoms with van der Waals surface area (Å²) in [5.41, 5.74) is 0.546. The van der Waals surface area contributed by atoms with Gasteiger partial charge in [0.05, 0.1) is 16.9 Å². The second-order valence-corrected chi connectivity index (χ2v) is 8.62. The van der Waals surface area contributed by atoms with E-state index in [0.29, 0.717) is 22.5 Å². The summed E-state index contributed by atoms with van der Waals surface area (Å²) in [4.78, 5) is 41.0. The van der Waals surface area contributed by atoms with Crippen molar-refractivity contribution in [1.82, 2.24) is 9.13 Å². The average molecular weight is 489 g/mol. The Morgan fingerprint density at radius 1 is 0.649 bits per heavy atom. The van der Waals surface area contributed by atoms with Gasteiger partial charge in [-0.25, -0.2) is 13.9 Å². The van der Waals surface area contributed by atoms with Crippen LogP contribution in [-0.4, -0.2) is 20.0 Å². The van der Waals surface area contributed by atoms with Crippen LogP contribution in [0.2, 0.25) is 0 Å². The number of rotatable bonds is 7. The van der Waals surface area contributed by atoms with Crippen molar-refractivity contribution in [2.45, 2.75) is 12.3 Å². The van der Waals surface area contributed by atoms with Crippen LogP contribution in [0.4, 0.5) is 0 Å². The Hall–Kier alpha value is -4.97. The van der Waals surface area contributed by atoms with Crippen molar-refractivity contribution in [3.05, 3.63) is 159 Å². The number of nitrogens with zero attached hydrogens (tertiary/aromatic N) is 2. The van der Waals surface area contributed by atoms with Gasteiger partial charge in [0.1, 0.15) is 0 Å². The number of carbonyl (C=O) groups excluding carboxylic acids is 1. The first-order chi connectivity index (χ1) is 18.1. The molecule has 5 aromatic rings. The molecule has 0 amide bonds. The molecule has 0 radical (unpaired) electrons. The molecule has 5 rings (SSSR count). The van der Waals surface area contributed by atoms with Crippen LogP contribution in [0, 0.1) is 0 Å². The molecule has 1 aromatic heterocycles. The molecule has 0 aliphatic rings. The molecule has 0 spiro atoms. The zero-order chi connectivity index (χ0) is 25.8. The third-order valence-corrected chi connectivity index (χ3v) is 6.33. The summed E-state index contributed by atoms with van der Waals surface area (Å²) in [5, 5.41) is 11.5. The third-order valence-electron chi connectivity index (χ3n) is 6.33. The van der Waals surface area contributed by atoms with Crippen molar-refractivity contribution >= 4 is 5.78 Å². The lowest BCUT2D eigenvalue weighted by Gasteiger charge is -2.22. The first-order valence-corrected chi connectivity index (χ1v) is 11.9. The van der Waals surface area contributed by atoms with Crippen LogP contribution in [0.3, 0.4) is 0 Å². The van der Waals surface area contributed by atoms with Crippen LogP contribution >= 0.6 is 0 Å². The van der Waals surface area contributed by atoms with Gasteiger partial charge in [-0.2, -0.15) is 0 Å². The second kappa shape index (κ2) is 10.3. The van der Waals surface area contributed by atoms with Crippen LogP contribution in [0.1, 0.15) is 33.8 Å². The lowest BCUT2D eigenvalue weighted by atomic mass is 9.86. The van der Waals surface area contributed by atoms with Gasteiger partial charge in [-0.3, -0.25) is 9.59 Å². The van der Waals surface area contributed by atoms with E-state index in [1.54, 1.807) is 84.9 Å². The molecule has 6 heteroatoms. The molecule has 6 nitrogen and oxygen atoms in total. The van der Waals surface area contributed by atoms with Crippen molar-refractivity contribution in [3.8, 4) is 17.3 Å². The van der Waals surface area contributed by atoms with Crippen molar-refractivity contribution in [2.24, 2.45) is 0 Å². The van der Waals surface area contributed by atoms with Crippen molar-refractivity contribution < 1.29 is 9.90 Å². The van der Waals surface area contributed by atoms with Gasteiger partial charge in [0.2, 0.25) is 5.88 Å². The molecular formula is C31H24N2O4. The van der Waals surface area contributed by atoms with Gasteiger partial charge < -0.3 is 5.11 Å². The van der Waals surface area contributed by atoms with Gasteiger partial charge in [-0.05, 0) is 29.8 Å². The predicted octanol–water partition coefficient (Wildman–Crippen LogP) is 5.10. The molecule has 0 saturated carbocycles. The van der Waals surface area contributed by atoms with Crippen LogP contribution in [-0.2, 0) is 0 Å². The highest BCUT2D eigenvalue weighted by molar-refractivity contribution is 5.96. The van der Waals surface area contributed by atoms with Crippen LogP contribution in [0.15, 0.2) is 131 Å². The van der Waals surface area contributed by atoms with E-state index in [1.165, 1.54) is 0 Å². The number of Topliss-reactive ketones (excluding diaryl/α,β-unsaturated/α-hetero) is 1. The zero-order valence-electron chi connectivity index (χ0n) is 19.9. The SMILES string of the molecule is O=C(CC(c1ccccc1)c1c(O)n(-c2ccccc2)c(=O)n(-c2ccccc2)c1=O)c1ccccc1. The Kier molecular flexibility index (Phi) is 6.64. The molecule has 1 heterocycles. The summed E-state index contributed by atoms with van der Waals surface area (Å²) in [7, 11) is 0. The highest BCUT2D eigenvalue weighted by Gasteiger charge is 2.30. The van der Waals surface area contributed by atoms with E-state index in [9.17, 15) is 19.5 Å². The Morgan fingerprint density at radius 2 is 1.11 bits per heavy atom. The first kappa shape index (κ1) is 23.8. The Bertz CT molecular complexity index is 1640. The zero-order valence-corrected chi connectivity index (χ0v) is 19.9. The number of para-hydroxylation sites is 2. The van der Waals surface area contributed by atoms with Crippen LogP contribution in [0.5, 0.6) is 5.88 Å². The van der Waals surface area contributed by atoms with Crippen molar-refractivity contribution in [3.63, 3.8) is 0 Å². The van der Waals surface area contributed by atoms with E-state index in [2.05, 4.69) is 0 Å². The number of hydrogen-bond acceptors (Lipinski definition) is 4. The molecule has 1 N–H and O–H groups in total. The second-order valence-electron chi connectivity index (χ2n) is 8.62. The predicted molar refractivity (Wildman–Crippen MR) is 143 cm³/mol.